The Bertz CT molecular complexity index is 1390. The summed E-state index contributed by atoms with van der Waals surface area (Å²) in [5.41, 5.74) is 2.00. The highest BCUT2D eigenvalue weighted by molar-refractivity contribution is 5.46. The van der Waals surface area contributed by atoms with Crippen LogP contribution in [0.1, 0.15) is 67.3 Å². The molecule has 1 unspecified atom stereocenters. The van der Waals surface area contributed by atoms with Crippen LogP contribution in [0, 0.1) is 17.0 Å². The van der Waals surface area contributed by atoms with E-state index in [4.69, 9.17) is 9.47 Å². The van der Waals surface area contributed by atoms with E-state index in [0.29, 0.717) is 28.9 Å². The summed E-state index contributed by atoms with van der Waals surface area (Å²) in [6.45, 7) is 2.69. The Morgan fingerprint density at radius 1 is 0.930 bits per heavy atom. The van der Waals surface area contributed by atoms with E-state index in [1.165, 1.54) is 0 Å². The van der Waals surface area contributed by atoms with E-state index in [0.717, 1.165) is 67.8 Å². The fourth-order valence-corrected chi connectivity index (χ4v) is 7.13. The molecule has 2 atom stereocenters. The molecule has 0 aromatic heterocycles. The van der Waals surface area contributed by atoms with Crippen molar-refractivity contribution in [1.82, 2.24) is 10.2 Å². The lowest BCUT2D eigenvalue weighted by Crippen LogP contribution is -2.47. The van der Waals surface area contributed by atoms with Gasteiger partial charge in [0.1, 0.15) is 29.7 Å². The van der Waals surface area contributed by atoms with Crippen LogP contribution in [0.2, 0.25) is 0 Å². The zero-order valence-corrected chi connectivity index (χ0v) is 24.2. The topological polar surface area (TPSA) is 33.7 Å². The van der Waals surface area contributed by atoms with Crippen LogP contribution in [0.25, 0.3) is 0 Å². The third kappa shape index (κ3) is 6.68. The Kier molecular flexibility index (Phi) is 8.39. The van der Waals surface area contributed by atoms with Gasteiger partial charge in [0.05, 0.1) is 18.7 Å². The van der Waals surface area contributed by atoms with E-state index in [1.807, 2.05) is 30.3 Å². The highest BCUT2D eigenvalue weighted by atomic mass is 19.4. The monoisotopic (exact) mass is 600 g/mol. The molecule has 0 bridgehead atoms. The van der Waals surface area contributed by atoms with E-state index >= 15 is 8.78 Å². The summed E-state index contributed by atoms with van der Waals surface area (Å²) in [5, 5.41) is 3.42. The summed E-state index contributed by atoms with van der Waals surface area (Å²) in [7, 11) is 0. The normalized spacial score (nSPS) is 26.0. The molecule has 230 valence electrons. The molecular weight excluding hydrogens is 563 g/mol. The minimum absolute atomic E-state index is 0.0698. The maximum absolute atomic E-state index is 15.8. The number of nitrogens with zero attached hydrogens (tertiary/aromatic N) is 1. The highest BCUT2D eigenvalue weighted by Gasteiger charge is 2.43. The average molecular weight is 601 g/mol. The van der Waals surface area contributed by atoms with Crippen molar-refractivity contribution in [2.24, 2.45) is 5.41 Å². The second kappa shape index (κ2) is 12.1. The molecule has 0 radical (unpaired) electrons. The third-order valence-electron chi connectivity index (χ3n) is 9.39. The quantitative estimate of drug-likeness (QED) is 0.281. The molecule has 4 nitrogen and oxygen atoms in total. The van der Waals surface area contributed by atoms with Gasteiger partial charge in [0, 0.05) is 30.3 Å². The molecule has 2 heterocycles. The van der Waals surface area contributed by atoms with E-state index in [1.54, 1.807) is 25.1 Å². The van der Waals surface area contributed by atoms with Gasteiger partial charge in [0.25, 0.3) is 0 Å². The number of benzene rings is 3. The van der Waals surface area contributed by atoms with Gasteiger partial charge in [-0.3, -0.25) is 4.90 Å². The van der Waals surface area contributed by atoms with Crippen LogP contribution < -0.4 is 14.8 Å². The fraction of sp³-hybridized carbons (Fsp3) is 0.471. The van der Waals surface area contributed by atoms with Crippen molar-refractivity contribution in [3.05, 3.63) is 94.6 Å². The van der Waals surface area contributed by atoms with Gasteiger partial charge in [0.2, 0.25) is 0 Å². The van der Waals surface area contributed by atoms with Gasteiger partial charge in [-0.25, -0.2) is 8.78 Å². The van der Waals surface area contributed by atoms with Crippen LogP contribution in [0.3, 0.4) is 0 Å². The molecule has 1 N–H and O–H groups in total. The van der Waals surface area contributed by atoms with Gasteiger partial charge >= 0.3 is 6.18 Å². The molecule has 1 saturated carbocycles. The van der Waals surface area contributed by atoms with Gasteiger partial charge in [-0.05, 0) is 86.2 Å². The molecule has 0 amide bonds. The van der Waals surface area contributed by atoms with Gasteiger partial charge in [-0.2, -0.15) is 13.2 Å². The van der Waals surface area contributed by atoms with Crippen molar-refractivity contribution >= 4 is 0 Å². The molecule has 2 aliphatic heterocycles. The van der Waals surface area contributed by atoms with Crippen molar-refractivity contribution in [2.45, 2.75) is 76.4 Å². The Morgan fingerprint density at radius 2 is 1.65 bits per heavy atom. The largest absolute Gasteiger partial charge is 0.490 e. The number of hydrogen-bond acceptors (Lipinski definition) is 4. The minimum Gasteiger partial charge on any atom is -0.490 e. The maximum Gasteiger partial charge on any atom is 0.401 e. The summed E-state index contributed by atoms with van der Waals surface area (Å²) < 4.78 is 85.0. The number of hydrogen-bond donors (Lipinski definition) is 1. The standard InChI is InChI=1S/C34H37F5N2O2/c1-22-15-24-16-26(42-19-23-5-3-2-4-6-23)7-8-28(24)32(41(22)21-34(37,38)39)31-29(35)17-27(18-30(31)36)43-25-9-11-33(12-10-25)13-14-40-20-33/h2-8,16-18,22,25,32,40H,9-15,19-21H2,1H3/t22-,25?,32?,33?/m1/s1. The Morgan fingerprint density at radius 3 is 2.30 bits per heavy atom. The number of fused-ring (bicyclic) bond motifs is 1. The summed E-state index contributed by atoms with van der Waals surface area (Å²) in [5.74, 6) is -1.21. The van der Waals surface area contributed by atoms with Crippen molar-refractivity contribution in [3.63, 3.8) is 0 Å². The predicted octanol–water partition coefficient (Wildman–Crippen LogP) is 7.74. The fourth-order valence-electron chi connectivity index (χ4n) is 7.13. The van der Waals surface area contributed by atoms with Gasteiger partial charge in [0.15, 0.2) is 0 Å². The number of rotatable bonds is 7. The molecule has 1 aliphatic carbocycles. The van der Waals surface area contributed by atoms with Crippen molar-refractivity contribution in [3.8, 4) is 11.5 Å². The summed E-state index contributed by atoms with van der Waals surface area (Å²) in [6, 6.07) is 15.0. The highest BCUT2D eigenvalue weighted by Crippen LogP contribution is 2.45. The van der Waals surface area contributed by atoms with E-state index in [9.17, 15) is 13.2 Å². The summed E-state index contributed by atoms with van der Waals surface area (Å²) >= 11 is 0. The molecule has 1 saturated heterocycles. The number of nitrogens with one attached hydrogen (secondary N) is 1. The van der Waals surface area contributed by atoms with Gasteiger partial charge in [-0.1, -0.05) is 36.4 Å². The van der Waals surface area contributed by atoms with Gasteiger partial charge in [-0.15, -0.1) is 0 Å². The molecule has 6 rings (SSSR count). The molecule has 43 heavy (non-hydrogen) atoms. The molecule has 3 aromatic rings. The van der Waals surface area contributed by atoms with Crippen molar-refractivity contribution < 1.29 is 31.4 Å². The SMILES string of the molecule is C[C@@H]1Cc2cc(OCc3ccccc3)ccc2C(c2c(F)cc(OC3CCC4(CCNC4)CC3)cc2F)N1CC(F)(F)F. The van der Waals surface area contributed by atoms with Crippen molar-refractivity contribution in [1.29, 1.82) is 0 Å². The first-order valence-electron chi connectivity index (χ1n) is 15.1. The molecule has 1 spiro atoms. The zero-order valence-electron chi connectivity index (χ0n) is 24.2. The van der Waals surface area contributed by atoms with Crippen LogP contribution >= 0.6 is 0 Å². The molecular formula is C34H37F5N2O2. The summed E-state index contributed by atoms with van der Waals surface area (Å²) in [6.07, 6.45) is 0.306. The average Bonchev–Trinajstić information content (AvgIpc) is 3.42. The van der Waals surface area contributed by atoms with Crippen LogP contribution in [-0.4, -0.2) is 42.9 Å². The molecule has 3 aromatic carbocycles. The lowest BCUT2D eigenvalue weighted by Gasteiger charge is -2.42. The number of halogens is 5. The van der Waals surface area contributed by atoms with E-state index in [-0.39, 0.29) is 18.3 Å². The van der Waals surface area contributed by atoms with Crippen LogP contribution in [0.5, 0.6) is 11.5 Å². The second-order valence-electron chi connectivity index (χ2n) is 12.4. The first-order chi connectivity index (χ1) is 20.6. The minimum atomic E-state index is -4.55. The lowest BCUT2D eigenvalue weighted by atomic mass is 9.72. The van der Waals surface area contributed by atoms with Crippen LogP contribution in [0.15, 0.2) is 60.7 Å². The first kappa shape index (κ1) is 29.9. The molecule has 9 heteroatoms. The number of ether oxygens (including phenoxy) is 2. The van der Waals surface area contributed by atoms with Crippen LogP contribution in [0.4, 0.5) is 22.0 Å². The Labute approximate surface area is 249 Å². The van der Waals surface area contributed by atoms with Crippen LogP contribution in [-0.2, 0) is 13.0 Å². The maximum atomic E-state index is 15.8. The first-order valence-corrected chi connectivity index (χ1v) is 15.1. The predicted molar refractivity (Wildman–Crippen MR) is 154 cm³/mol. The smallest absolute Gasteiger partial charge is 0.401 e. The molecule has 2 fully saturated rings. The number of alkyl halides is 3. The molecule has 3 aliphatic rings. The van der Waals surface area contributed by atoms with E-state index in [2.05, 4.69) is 5.32 Å². The summed E-state index contributed by atoms with van der Waals surface area (Å²) in [4.78, 5) is 1.14. The van der Waals surface area contributed by atoms with E-state index < -0.39 is 42.0 Å². The zero-order chi connectivity index (χ0) is 30.2. The van der Waals surface area contributed by atoms with Crippen molar-refractivity contribution in [2.75, 3.05) is 19.6 Å². The second-order valence-corrected chi connectivity index (χ2v) is 12.4. The Hall–Kier alpha value is -3.17. The Balaban J connectivity index is 1.27. The third-order valence-corrected chi connectivity index (χ3v) is 9.39. The lowest BCUT2D eigenvalue weighted by molar-refractivity contribution is -0.155. The van der Waals surface area contributed by atoms with Gasteiger partial charge < -0.3 is 14.8 Å².